The lowest BCUT2D eigenvalue weighted by atomic mass is 9.95. The molecule has 0 aromatic rings. The highest BCUT2D eigenvalue weighted by Gasteiger charge is 2.16. The van der Waals surface area contributed by atoms with Gasteiger partial charge in [-0.3, -0.25) is 4.79 Å². The molecule has 2 heteroatoms. The molecule has 0 heterocycles. The number of carbonyl (C=O) groups is 1. The molecule has 1 aliphatic rings. The van der Waals surface area contributed by atoms with Gasteiger partial charge >= 0.3 is 0 Å². The number of Topliss-reactive ketones (excluding diaryl/α,β-unsaturated/α-hetero) is 1. The lowest BCUT2D eigenvalue weighted by Crippen LogP contribution is -2.05. The summed E-state index contributed by atoms with van der Waals surface area (Å²) in [5.41, 5.74) is 0. The number of hydrogen-bond acceptors (Lipinski definition) is 2. The minimum Gasteiger partial charge on any atom is -0.300 e. The van der Waals surface area contributed by atoms with E-state index in [0.29, 0.717) is 11.7 Å². The maximum Gasteiger partial charge on any atom is 0.133 e. The number of carbonyl (C=O) groups excluding carboxylic acids is 1. The van der Waals surface area contributed by atoms with Gasteiger partial charge in [-0.15, -0.1) is 0 Å². The Morgan fingerprint density at radius 3 is 3.07 bits per heavy atom. The molecule has 0 spiro atoms. The molecule has 1 saturated carbocycles. The van der Waals surface area contributed by atoms with Crippen molar-refractivity contribution in [3.05, 3.63) is 0 Å². The molecule has 0 bridgehead atoms. The van der Waals surface area contributed by atoms with E-state index in [4.69, 9.17) is 0 Å². The van der Waals surface area contributed by atoms with Crippen molar-refractivity contribution in [2.75, 3.05) is 11.5 Å². The fourth-order valence-corrected chi connectivity index (χ4v) is 2.81. The van der Waals surface area contributed by atoms with Gasteiger partial charge < -0.3 is 0 Å². The van der Waals surface area contributed by atoms with E-state index in [9.17, 15) is 4.79 Å². The van der Waals surface area contributed by atoms with Crippen LogP contribution in [0, 0.1) is 5.92 Å². The van der Waals surface area contributed by atoms with Gasteiger partial charge in [0, 0.05) is 12.8 Å². The zero-order valence-corrected chi connectivity index (χ0v) is 10.1. The Morgan fingerprint density at radius 2 is 2.29 bits per heavy atom. The van der Waals surface area contributed by atoms with Crippen LogP contribution < -0.4 is 0 Å². The standard InChI is InChI=1S/C12H22OS/c1-2-14-9-5-7-11-6-3-4-8-12(13)10-11/h11H,2-10H2,1H3. The second kappa shape index (κ2) is 7.33. The van der Waals surface area contributed by atoms with Gasteiger partial charge in [-0.2, -0.15) is 11.8 Å². The molecule has 14 heavy (non-hydrogen) atoms. The Hall–Kier alpha value is 0.0200. The normalized spacial score (nSPS) is 23.5. The first-order valence-electron chi connectivity index (χ1n) is 5.92. The molecule has 0 aliphatic heterocycles. The maximum absolute atomic E-state index is 11.4. The van der Waals surface area contributed by atoms with Crippen LogP contribution in [0.3, 0.4) is 0 Å². The zero-order valence-electron chi connectivity index (χ0n) is 9.26. The highest BCUT2D eigenvalue weighted by atomic mass is 32.2. The minimum absolute atomic E-state index is 0.510. The Bertz CT molecular complexity index is 168. The van der Waals surface area contributed by atoms with Crippen molar-refractivity contribution >= 4 is 17.5 Å². The van der Waals surface area contributed by atoms with E-state index in [0.717, 1.165) is 19.3 Å². The third-order valence-corrected chi connectivity index (χ3v) is 3.93. The van der Waals surface area contributed by atoms with Gasteiger partial charge in [0.1, 0.15) is 5.78 Å². The molecular formula is C12H22OS. The summed E-state index contributed by atoms with van der Waals surface area (Å²) in [5, 5.41) is 0. The van der Waals surface area contributed by atoms with Crippen LogP contribution in [0.25, 0.3) is 0 Å². The van der Waals surface area contributed by atoms with E-state index in [2.05, 4.69) is 6.92 Å². The molecule has 0 N–H and O–H groups in total. The number of hydrogen-bond donors (Lipinski definition) is 0. The van der Waals surface area contributed by atoms with E-state index in [1.54, 1.807) is 0 Å². The van der Waals surface area contributed by atoms with E-state index in [1.807, 2.05) is 11.8 Å². The van der Waals surface area contributed by atoms with Gasteiger partial charge in [-0.05, 0) is 36.7 Å². The second-order valence-corrected chi connectivity index (χ2v) is 5.59. The van der Waals surface area contributed by atoms with E-state index < -0.39 is 0 Å². The SMILES string of the molecule is CCSCCCC1CCCCC(=O)C1. The quantitative estimate of drug-likeness (QED) is 0.513. The molecule has 82 valence electrons. The molecule has 0 radical (unpaired) electrons. The molecule has 1 fully saturated rings. The van der Waals surface area contributed by atoms with Crippen LogP contribution in [-0.2, 0) is 4.79 Å². The second-order valence-electron chi connectivity index (χ2n) is 4.19. The molecule has 0 saturated heterocycles. The van der Waals surface area contributed by atoms with Gasteiger partial charge in [0.25, 0.3) is 0 Å². The van der Waals surface area contributed by atoms with Crippen molar-refractivity contribution in [1.29, 1.82) is 0 Å². The van der Waals surface area contributed by atoms with Crippen molar-refractivity contribution < 1.29 is 4.79 Å². The first-order chi connectivity index (χ1) is 6.83. The van der Waals surface area contributed by atoms with Crippen LogP contribution in [0.1, 0.15) is 51.9 Å². The number of ketones is 1. The highest BCUT2D eigenvalue weighted by molar-refractivity contribution is 7.99. The van der Waals surface area contributed by atoms with E-state index in [1.165, 1.54) is 37.2 Å². The van der Waals surface area contributed by atoms with Crippen LogP contribution in [0.2, 0.25) is 0 Å². The summed E-state index contributed by atoms with van der Waals surface area (Å²) < 4.78 is 0. The fourth-order valence-electron chi connectivity index (χ4n) is 2.15. The lowest BCUT2D eigenvalue weighted by molar-refractivity contribution is -0.119. The summed E-state index contributed by atoms with van der Waals surface area (Å²) in [6.07, 6.45) is 8.01. The predicted octanol–water partition coefficient (Wildman–Crippen LogP) is 3.67. The number of thioether (sulfide) groups is 1. The third-order valence-electron chi connectivity index (χ3n) is 2.94. The van der Waals surface area contributed by atoms with Crippen LogP contribution in [0.5, 0.6) is 0 Å². The maximum atomic E-state index is 11.4. The van der Waals surface area contributed by atoms with Crippen molar-refractivity contribution in [1.82, 2.24) is 0 Å². The molecule has 1 nitrogen and oxygen atoms in total. The van der Waals surface area contributed by atoms with Gasteiger partial charge in [-0.1, -0.05) is 19.8 Å². The van der Waals surface area contributed by atoms with Crippen molar-refractivity contribution in [3.63, 3.8) is 0 Å². The zero-order chi connectivity index (χ0) is 10.2. The monoisotopic (exact) mass is 214 g/mol. The van der Waals surface area contributed by atoms with E-state index >= 15 is 0 Å². The lowest BCUT2D eigenvalue weighted by Gasteiger charge is -2.12. The highest BCUT2D eigenvalue weighted by Crippen LogP contribution is 2.25. The van der Waals surface area contributed by atoms with Gasteiger partial charge in [0.2, 0.25) is 0 Å². The van der Waals surface area contributed by atoms with Gasteiger partial charge in [0.05, 0.1) is 0 Å². The van der Waals surface area contributed by atoms with Crippen molar-refractivity contribution in [2.45, 2.75) is 51.9 Å². The fraction of sp³-hybridized carbons (Fsp3) is 0.917. The van der Waals surface area contributed by atoms with Crippen LogP contribution >= 0.6 is 11.8 Å². The molecule has 1 atom stereocenters. The summed E-state index contributed by atoms with van der Waals surface area (Å²) in [6, 6.07) is 0. The summed E-state index contributed by atoms with van der Waals surface area (Å²) in [7, 11) is 0. The van der Waals surface area contributed by atoms with Crippen LogP contribution in [-0.4, -0.2) is 17.3 Å². The summed E-state index contributed by atoms with van der Waals surface area (Å²) in [4.78, 5) is 11.4. The molecule has 1 rings (SSSR count). The smallest absolute Gasteiger partial charge is 0.133 e. The molecular weight excluding hydrogens is 192 g/mol. The Morgan fingerprint density at radius 1 is 1.43 bits per heavy atom. The Labute approximate surface area is 92.0 Å². The van der Waals surface area contributed by atoms with Crippen LogP contribution in [0.15, 0.2) is 0 Å². The molecule has 1 unspecified atom stereocenters. The van der Waals surface area contributed by atoms with Crippen molar-refractivity contribution in [2.24, 2.45) is 5.92 Å². The number of rotatable bonds is 5. The first kappa shape index (κ1) is 12.1. The Balaban J connectivity index is 2.12. The summed E-state index contributed by atoms with van der Waals surface area (Å²) in [6.45, 7) is 2.21. The molecule has 1 aliphatic carbocycles. The summed E-state index contributed by atoms with van der Waals surface area (Å²) >= 11 is 2.02. The first-order valence-corrected chi connectivity index (χ1v) is 7.08. The average Bonchev–Trinajstić information content (AvgIpc) is 2.38. The largest absolute Gasteiger partial charge is 0.300 e. The molecule has 0 aromatic carbocycles. The minimum atomic E-state index is 0.510. The van der Waals surface area contributed by atoms with Gasteiger partial charge in [-0.25, -0.2) is 0 Å². The Kier molecular flexibility index (Phi) is 6.33. The van der Waals surface area contributed by atoms with Crippen molar-refractivity contribution in [3.8, 4) is 0 Å². The average molecular weight is 214 g/mol. The van der Waals surface area contributed by atoms with E-state index in [-0.39, 0.29) is 0 Å². The van der Waals surface area contributed by atoms with Gasteiger partial charge in [0.15, 0.2) is 0 Å². The molecule has 0 amide bonds. The predicted molar refractivity (Wildman–Crippen MR) is 63.8 cm³/mol. The topological polar surface area (TPSA) is 17.1 Å². The third kappa shape index (κ3) is 5.04. The molecule has 0 aromatic heterocycles. The summed E-state index contributed by atoms with van der Waals surface area (Å²) in [5.74, 6) is 3.73. The van der Waals surface area contributed by atoms with Crippen LogP contribution in [0.4, 0.5) is 0 Å².